The van der Waals surface area contributed by atoms with Crippen LogP contribution in [0.25, 0.3) is 0 Å². The van der Waals surface area contributed by atoms with Crippen LogP contribution in [0, 0.1) is 5.92 Å². The fourth-order valence-corrected chi connectivity index (χ4v) is 3.78. The summed E-state index contributed by atoms with van der Waals surface area (Å²) in [6, 6.07) is 13.5. The Labute approximate surface area is 164 Å². The Kier molecular flexibility index (Phi) is 6.18. The van der Waals surface area contributed by atoms with Crippen molar-refractivity contribution in [3.63, 3.8) is 0 Å². The highest BCUT2D eigenvalue weighted by molar-refractivity contribution is 5.46. The molecule has 0 spiro atoms. The zero-order valence-corrected chi connectivity index (χ0v) is 16.5. The highest BCUT2D eigenvalue weighted by Gasteiger charge is 2.31. The molecule has 2 aromatic carbocycles. The lowest BCUT2D eigenvalue weighted by atomic mass is 9.81. The molecule has 1 fully saturated rings. The summed E-state index contributed by atoms with van der Waals surface area (Å²) in [6.07, 6.45) is -3.28. The minimum absolute atomic E-state index is 0.284. The molecule has 6 heteroatoms. The fourth-order valence-electron chi connectivity index (χ4n) is 3.78. The number of benzene rings is 2. The van der Waals surface area contributed by atoms with Crippen LogP contribution in [0.4, 0.5) is 18.9 Å². The van der Waals surface area contributed by atoms with E-state index in [0.29, 0.717) is 18.3 Å². The SMILES string of the molecule is CN1CC[C@@H](c2ccc(N(C)C)cc2)[C@H](COc2ccc(C(F)(F)F)cc2)C1. The summed E-state index contributed by atoms with van der Waals surface area (Å²) in [4.78, 5) is 4.36. The van der Waals surface area contributed by atoms with Gasteiger partial charge in [0.2, 0.25) is 0 Å². The lowest BCUT2D eigenvalue weighted by Crippen LogP contribution is -2.39. The molecule has 0 amide bonds. The third-order valence-corrected chi connectivity index (χ3v) is 5.42. The first kappa shape index (κ1) is 20.5. The first-order valence-corrected chi connectivity index (χ1v) is 9.50. The van der Waals surface area contributed by atoms with Gasteiger partial charge in [0.05, 0.1) is 12.2 Å². The number of likely N-dealkylation sites (tertiary alicyclic amines) is 1. The van der Waals surface area contributed by atoms with Gasteiger partial charge in [0.25, 0.3) is 0 Å². The van der Waals surface area contributed by atoms with Crippen LogP contribution in [-0.4, -0.2) is 45.7 Å². The molecule has 2 aromatic rings. The van der Waals surface area contributed by atoms with Gasteiger partial charge in [-0.1, -0.05) is 12.1 Å². The van der Waals surface area contributed by atoms with Gasteiger partial charge in [-0.3, -0.25) is 0 Å². The standard InChI is InChI=1S/C22H27F3N2O/c1-26(2)19-8-4-16(5-9-19)21-12-13-27(3)14-17(21)15-28-20-10-6-18(7-11-20)22(23,24)25/h4-11,17,21H,12-15H2,1-3H3/t17-,21-/m0/s1. The maximum atomic E-state index is 12.7. The molecule has 152 valence electrons. The van der Waals surface area contributed by atoms with Crippen molar-refractivity contribution in [3.05, 3.63) is 59.7 Å². The Balaban J connectivity index is 1.68. The molecular formula is C22H27F3N2O. The number of rotatable bonds is 5. The Morgan fingerprint density at radius 2 is 1.68 bits per heavy atom. The second kappa shape index (κ2) is 8.43. The molecule has 3 nitrogen and oxygen atoms in total. The van der Waals surface area contributed by atoms with Gasteiger partial charge in [0.1, 0.15) is 5.75 Å². The van der Waals surface area contributed by atoms with Crippen LogP contribution in [0.1, 0.15) is 23.5 Å². The monoisotopic (exact) mass is 392 g/mol. The van der Waals surface area contributed by atoms with Gasteiger partial charge in [-0.25, -0.2) is 0 Å². The van der Waals surface area contributed by atoms with Crippen molar-refractivity contribution in [3.8, 4) is 5.75 Å². The first-order valence-electron chi connectivity index (χ1n) is 9.50. The predicted molar refractivity (Wildman–Crippen MR) is 106 cm³/mol. The van der Waals surface area contributed by atoms with Gasteiger partial charge in [-0.05, 0) is 67.9 Å². The topological polar surface area (TPSA) is 15.7 Å². The van der Waals surface area contributed by atoms with Gasteiger partial charge < -0.3 is 14.5 Å². The van der Waals surface area contributed by atoms with E-state index in [4.69, 9.17) is 4.74 Å². The number of piperidine rings is 1. The number of anilines is 1. The number of nitrogens with zero attached hydrogens (tertiary/aromatic N) is 2. The van der Waals surface area contributed by atoms with E-state index < -0.39 is 11.7 Å². The molecule has 28 heavy (non-hydrogen) atoms. The van der Waals surface area contributed by atoms with E-state index in [9.17, 15) is 13.2 Å². The average molecular weight is 392 g/mol. The number of hydrogen-bond donors (Lipinski definition) is 0. The molecule has 0 aliphatic carbocycles. The minimum atomic E-state index is -4.32. The van der Waals surface area contributed by atoms with Crippen molar-refractivity contribution in [2.75, 3.05) is 45.7 Å². The minimum Gasteiger partial charge on any atom is -0.493 e. The van der Waals surface area contributed by atoms with Gasteiger partial charge >= 0.3 is 6.18 Å². The van der Waals surface area contributed by atoms with Crippen LogP contribution in [0.5, 0.6) is 5.75 Å². The van der Waals surface area contributed by atoms with Crippen molar-refractivity contribution in [2.45, 2.75) is 18.5 Å². The van der Waals surface area contributed by atoms with E-state index in [1.54, 1.807) is 0 Å². The third-order valence-electron chi connectivity index (χ3n) is 5.42. The van der Waals surface area contributed by atoms with Crippen LogP contribution < -0.4 is 9.64 Å². The third kappa shape index (κ3) is 4.98. The number of halogens is 3. The number of ether oxygens (including phenoxy) is 1. The van der Waals surface area contributed by atoms with Crippen molar-refractivity contribution in [1.29, 1.82) is 0 Å². The molecule has 1 aliphatic rings. The lowest BCUT2D eigenvalue weighted by molar-refractivity contribution is -0.137. The lowest BCUT2D eigenvalue weighted by Gasteiger charge is -2.37. The first-order chi connectivity index (χ1) is 13.2. The van der Waals surface area contributed by atoms with Crippen LogP contribution in [0.15, 0.2) is 48.5 Å². The van der Waals surface area contributed by atoms with Crippen molar-refractivity contribution < 1.29 is 17.9 Å². The fraction of sp³-hybridized carbons (Fsp3) is 0.455. The second-order valence-corrected chi connectivity index (χ2v) is 7.74. The van der Waals surface area contributed by atoms with Gasteiger partial charge in [0, 0.05) is 32.2 Å². The maximum Gasteiger partial charge on any atom is 0.416 e. The van der Waals surface area contributed by atoms with E-state index in [1.807, 2.05) is 14.1 Å². The molecule has 2 atom stereocenters. The smallest absolute Gasteiger partial charge is 0.416 e. The average Bonchev–Trinajstić information content (AvgIpc) is 2.66. The molecule has 0 bridgehead atoms. The van der Waals surface area contributed by atoms with Crippen LogP contribution in [-0.2, 0) is 6.18 Å². The quantitative estimate of drug-likeness (QED) is 0.721. The van der Waals surface area contributed by atoms with E-state index in [-0.39, 0.29) is 5.92 Å². The summed E-state index contributed by atoms with van der Waals surface area (Å²) in [5, 5.41) is 0. The van der Waals surface area contributed by atoms with Crippen molar-refractivity contribution in [2.24, 2.45) is 5.92 Å². The summed E-state index contributed by atoms with van der Waals surface area (Å²) in [5.74, 6) is 1.14. The van der Waals surface area contributed by atoms with E-state index >= 15 is 0 Å². The molecule has 0 saturated carbocycles. The number of alkyl halides is 3. The molecule has 3 rings (SSSR count). The molecule has 1 saturated heterocycles. The highest BCUT2D eigenvalue weighted by Crippen LogP contribution is 2.34. The Bertz CT molecular complexity index is 757. The zero-order valence-electron chi connectivity index (χ0n) is 16.5. The molecule has 1 aliphatic heterocycles. The van der Waals surface area contributed by atoms with Crippen molar-refractivity contribution in [1.82, 2.24) is 4.90 Å². The molecule has 0 unspecified atom stereocenters. The normalized spacial score (nSPS) is 20.8. The van der Waals surface area contributed by atoms with E-state index in [2.05, 4.69) is 41.1 Å². The maximum absolute atomic E-state index is 12.7. The summed E-state index contributed by atoms with van der Waals surface area (Å²) in [5.41, 5.74) is 1.80. The van der Waals surface area contributed by atoms with E-state index in [1.165, 1.54) is 17.7 Å². The van der Waals surface area contributed by atoms with Crippen LogP contribution in [0.2, 0.25) is 0 Å². The largest absolute Gasteiger partial charge is 0.493 e. The molecule has 0 N–H and O–H groups in total. The molecular weight excluding hydrogens is 365 g/mol. The molecule has 0 aromatic heterocycles. The number of hydrogen-bond acceptors (Lipinski definition) is 3. The van der Waals surface area contributed by atoms with Gasteiger partial charge in [-0.2, -0.15) is 13.2 Å². The summed E-state index contributed by atoms with van der Waals surface area (Å²) < 4.78 is 44.0. The summed E-state index contributed by atoms with van der Waals surface area (Å²) in [6.45, 7) is 2.41. The zero-order chi connectivity index (χ0) is 20.3. The van der Waals surface area contributed by atoms with Crippen molar-refractivity contribution >= 4 is 5.69 Å². The van der Waals surface area contributed by atoms with Crippen LogP contribution in [0.3, 0.4) is 0 Å². The summed E-state index contributed by atoms with van der Waals surface area (Å²) >= 11 is 0. The van der Waals surface area contributed by atoms with Crippen LogP contribution >= 0.6 is 0 Å². The van der Waals surface area contributed by atoms with Gasteiger partial charge in [-0.15, -0.1) is 0 Å². The Morgan fingerprint density at radius 3 is 2.25 bits per heavy atom. The predicted octanol–water partition coefficient (Wildman–Crippen LogP) is 4.89. The second-order valence-electron chi connectivity index (χ2n) is 7.74. The van der Waals surface area contributed by atoms with E-state index in [0.717, 1.165) is 37.3 Å². The Hall–Kier alpha value is -2.21. The van der Waals surface area contributed by atoms with Gasteiger partial charge in [0.15, 0.2) is 0 Å². The summed E-state index contributed by atoms with van der Waals surface area (Å²) in [7, 11) is 6.13. The Morgan fingerprint density at radius 1 is 1.04 bits per heavy atom. The molecule has 0 radical (unpaired) electrons. The highest BCUT2D eigenvalue weighted by atomic mass is 19.4. The molecule has 1 heterocycles.